The first-order valence-electron chi connectivity index (χ1n) is 8.81. The number of piperazine rings is 1. The predicted molar refractivity (Wildman–Crippen MR) is 109 cm³/mol. The van der Waals surface area contributed by atoms with Crippen molar-refractivity contribution >= 4 is 40.8 Å². The van der Waals surface area contributed by atoms with E-state index in [1.54, 1.807) is 22.3 Å². The summed E-state index contributed by atoms with van der Waals surface area (Å²) in [5, 5.41) is 2.68. The van der Waals surface area contributed by atoms with Gasteiger partial charge in [0.05, 0.1) is 4.34 Å². The van der Waals surface area contributed by atoms with Crippen molar-refractivity contribution in [2.24, 2.45) is 0 Å². The Kier molecular flexibility index (Phi) is 6.66. The Balaban J connectivity index is 1.63. The lowest BCUT2D eigenvalue weighted by Gasteiger charge is -2.34. The molecule has 3 rings (SSSR count). The molecule has 1 aliphatic rings. The smallest absolute Gasteiger partial charge is 0.270 e. The first-order valence-corrected chi connectivity index (χ1v) is 10.0. The van der Waals surface area contributed by atoms with Gasteiger partial charge in [0, 0.05) is 44.5 Å². The summed E-state index contributed by atoms with van der Waals surface area (Å²) in [6.07, 6.45) is 1.73. The minimum absolute atomic E-state index is 0.145. The zero-order valence-electron chi connectivity index (χ0n) is 15.2. The normalized spacial score (nSPS) is 15.6. The minimum Gasteiger partial charge on any atom is -0.335 e. The van der Waals surface area contributed by atoms with E-state index in [9.17, 15) is 9.59 Å². The van der Waals surface area contributed by atoms with E-state index in [2.05, 4.69) is 10.2 Å². The lowest BCUT2D eigenvalue weighted by atomic mass is 10.1. The zero-order valence-corrected chi connectivity index (χ0v) is 16.7. The minimum atomic E-state index is -0.251. The molecular formula is C20H22ClN3O2S. The van der Waals surface area contributed by atoms with E-state index in [1.165, 1.54) is 11.8 Å². The molecule has 0 spiro atoms. The standard InChI is InChI=1S/C20H22ClN3O2S/c1-15(25)22-18(13-16-5-3-2-4-6-16)20(26)24-11-9-23(10-12-24)14-17-7-8-19(21)27-17/h2-8,13H,9-12,14H2,1H3,(H,22,25). The molecule has 2 aromatic rings. The third-order valence-electron chi connectivity index (χ3n) is 4.32. The highest BCUT2D eigenvalue weighted by molar-refractivity contribution is 7.16. The second-order valence-electron chi connectivity index (χ2n) is 6.42. The number of carbonyl (C=O) groups is 2. The van der Waals surface area contributed by atoms with Gasteiger partial charge in [0.25, 0.3) is 5.91 Å². The molecule has 0 saturated carbocycles. The van der Waals surface area contributed by atoms with Crippen LogP contribution in [-0.2, 0) is 16.1 Å². The summed E-state index contributed by atoms with van der Waals surface area (Å²) in [4.78, 5) is 29.8. The molecule has 0 atom stereocenters. The van der Waals surface area contributed by atoms with Crippen LogP contribution in [0.5, 0.6) is 0 Å². The molecular weight excluding hydrogens is 382 g/mol. The number of rotatable bonds is 5. The monoisotopic (exact) mass is 403 g/mol. The molecule has 27 heavy (non-hydrogen) atoms. The molecule has 0 aliphatic carbocycles. The van der Waals surface area contributed by atoms with Gasteiger partial charge in [-0.05, 0) is 23.8 Å². The van der Waals surface area contributed by atoms with Crippen molar-refractivity contribution in [1.29, 1.82) is 0 Å². The number of halogens is 1. The Morgan fingerprint density at radius 3 is 2.41 bits per heavy atom. The van der Waals surface area contributed by atoms with Crippen molar-refractivity contribution in [3.8, 4) is 0 Å². The molecule has 1 aliphatic heterocycles. The summed E-state index contributed by atoms with van der Waals surface area (Å²) in [6, 6.07) is 13.5. The molecule has 0 radical (unpaired) electrons. The van der Waals surface area contributed by atoms with Crippen LogP contribution >= 0.6 is 22.9 Å². The molecule has 142 valence electrons. The van der Waals surface area contributed by atoms with Gasteiger partial charge in [-0.3, -0.25) is 14.5 Å². The van der Waals surface area contributed by atoms with Gasteiger partial charge in [-0.25, -0.2) is 0 Å². The van der Waals surface area contributed by atoms with Crippen LogP contribution < -0.4 is 5.32 Å². The second-order valence-corrected chi connectivity index (χ2v) is 8.22. The molecule has 1 aromatic heterocycles. The van der Waals surface area contributed by atoms with E-state index < -0.39 is 0 Å². The Morgan fingerprint density at radius 1 is 1.11 bits per heavy atom. The number of thiophene rings is 1. The van der Waals surface area contributed by atoms with E-state index in [-0.39, 0.29) is 11.8 Å². The van der Waals surface area contributed by atoms with Crippen molar-refractivity contribution in [2.75, 3.05) is 26.2 Å². The highest BCUT2D eigenvalue weighted by atomic mass is 35.5. The summed E-state index contributed by atoms with van der Waals surface area (Å²) < 4.78 is 0.796. The number of amides is 2. The van der Waals surface area contributed by atoms with Gasteiger partial charge in [-0.15, -0.1) is 11.3 Å². The number of nitrogens with zero attached hydrogens (tertiary/aromatic N) is 2. The SMILES string of the molecule is CC(=O)NC(=Cc1ccccc1)C(=O)N1CCN(Cc2ccc(Cl)s2)CC1. The van der Waals surface area contributed by atoms with Gasteiger partial charge < -0.3 is 10.2 Å². The fourth-order valence-electron chi connectivity index (χ4n) is 2.99. The first kappa shape index (κ1) is 19.6. The summed E-state index contributed by atoms with van der Waals surface area (Å²) in [5.74, 6) is -0.397. The number of benzene rings is 1. The predicted octanol–water partition coefficient (Wildman–Crippen LogP) is 3.22. The molecule has 7 heteroatoms. The summed E-state index contributed by atoms with van der Waals surface area (Å²) in [7, 11) is 0. The van der Waals surface area contributed by atoms with Gasteiger partial charge in [0.15, 0.2) is 0 Å². The highest BCUT2D eigenvalue weighted by Gasteiger charge is 2.24. The molecule has 2 amide bonds. The van der Waals surface area contributed by atoms with Crippen LogP contribution in [0.1, 0.15) is 17.4 Å². The molecule has 1 aromatic carbocycles. The quantitative estimate of drug-likeness (QED) is 0.780. The summed E-state index contributed by atoms with van der Waals surface area (Å²) in [6.45, 7) is 5.10. The molecule has 1 N–H and O–H groups in total. The molecule has 0 bridgehead atoms. The lowest BCUT2D eigenvalue weighted by molar-refractivity contribution is -0.130. The maximum absolute atomic E-state index is 12.9. The van der Waals surface area contributed by atoms with Gasteiger partial charge in [-0.2, -0.15) is 0 Å². The third-order valence-corrected chi connectivity index (χ3v) is 5.54. The molecule has 1 saturated heterocycles. The van der Waals surface area contributed by atoms with Crippen molar-refractivity contribution in [3.63, 3.8) is 0 Å². The molecule has 2 heterocycles. The molecule has 0 unspecified atom stereocenters. The van der Waals surface area contributed by atoms with Crippen molar-refractivity contribution in [3.05, 3.63) is 62.9 Å². The van der Waals surface area contributed by atoms with Crippen LogP contribution in [0, 0.1) is 0 Å². The topological polar surface area (TPSA) is 52.7 Å². The second kappa shape index (κ2) is 9.17. The maximum atomic E-state index is 12.9. The maximum Gasteiger partial charge on any atom is 0.270 e. The van der Waals surface area contributed by atoms with Gasteiger partial charge >= 0.3 is 0 Å². The number of nitrogens with one attached hydrogen (secondary N) is 1. The molecule has 1 fully saturated rings. The van der Waals surface area contributed by atoms with Crippen LogP contribution in [0.25, 0.3) is 6.08 Å². The van der Waals surface area contributed by atoms with E-state index >= 15 is 0 Å². The Hall–Kier alpha value is -2.15. The zero-order chi connectivity index (χ0) is 19.2. The number of hydrogen-bond donors (Lipinski definition) is 1. The van der Waals surface area contributed by atoms with Crippen molar-refractivity contribution < 1.29 is 9.59 Å². The van der Waals surface area contributed by atoms with E-state index in [0.29, 0.717) is 18.8 Å². The first-order chi connectivity index (χ1) is 13.0. The van der Waals surface area contributed by atoms with Crippen LogP contribution in [0.2, 0.25) is 4.34 Å². The van der Waals surface area contributed by atoms with Crippen LogP contribution in [0.15, 0.2) is 48.2 Å². The Labute approximate surface area is 168 Å². The summed E-state index contributed by atoms with van der Waals surface area (Å²) in [5.41, 5.74) is 1.19. The van der Waals surface area contributed by atoms with Crippen molar-refractivity contribution in [1.82, 2.24) is 15.1 Å². The summed E-state index contributed by atoms with van der Waals surface area (Å²) >= 11 is 7.58. The van der Waals surface area contributed by atoms with Crippen LogP contribution in [0.4, 0.5) is 0 Å². The Morgan fingerprint density at radius 2 is 1.81 bits per heavy atom. The largest absolute Gasteiger partial charge is 0.335 e. The fourth-order valence-corrected chi connectivity index (χ4v) is 4.12. The highest BCUT2D eigenvalue weighted by Crippen LogP contribution is 2.23. The van der Waals surface area contributed by atoms with Crippen molar-refractivity contribution in [2.45, 2.75) is 13.5 Å². The number of hydrogen-bond acceptors (Lipinski definition) is 4. The van der Waals surface area contributed by atoms with Gasteiger partial charge in [-0.1, -0.05) is 41.9 Å². The fraction of sp³-hybridized carbons (Fsp3) is 0.300. The third kappa shape index (κ3) is 5.66. The van der Waals surface area contributed by atoms with E-state index in [0.717, 1.165) is 29.5 Å². The van der Waals surface area contributed by atoms with Gasteiger partial charge in [0.2, 0.25) is 5.91 Å². The molecule has 5 nitrogen and oxygen atoms in total. The van der Waals surface area contributed by atoms with E-state index in [1.807, 2.05) is 42.5 Å². The lowest BCUT2D eigenvalue weighted by Crippen LogP contribution is -2.50. The average Bonchev–Trinajstić information content (AvgIpc) is 3.06. The van der Waals surface area contributed by atoms with E-state index in [4.69, 9.17) is 11.6 Å². The van der Waals surface area contributed by atoms with Crippen LogP contribution in [-0.4, -0.2) is 47.8 Å². The average molecular weight is 404 g/mol. The Bertz CT molecular complexity index is 827. The van der Waals surface area contributed by atoms with Crippen LogP contribution in [0.3, 0.4) is 0 Å². The number of carbonyl (C=O) groups excluding carboxylic acids is 2. The van der Waals surface area contributed by atoms with Gasteiger partial charge in [0.1, 0.15) is 5.70 Å².